The third-order valence-electron chi connectivity index (χ3n) is 2.49. The van der Waals surface area contributed by atoms with Gasteiger partial charge in [-0.2, -0.15) is 5.10 Å². The van der Waals surface area contributed by atoms with Crippen molar-refractivity contribution in [3.63, 3.8) is 0 Å². The van der Waals surface area contributed by atoms with E-state index in [0.29, 0.717) is 5.92 Å². The highest BCUT2D eigenvalue weighted by molar-refractivity contribution is 5.78. The van der Waals surface area contributed by atoms with E-state index in [1.807, 2.05) is 6.20 Å². The fraction of sp³-hybridized carbons (Fsp3) is 0.364. The molecule has 1 atom stereocenters. The van der Waals surface area contributed by atoms with E-state index in [-0.39, 0.29) is 0 Å². The van der Waals surface area contributed by atoms with Crippen LogP contribution in [0.1, 0.15) is 12.5 Å². The normalized spacial score (nSPS) is 13.3. The molecule has 1 unspecified atom stereocenters. The molecule has 2 rings (SSSR count). The third kappa shape index (κ3) is 1.77. The summed E-state index contributed by atoms with van der Waals surface area (Å²) in [5.74, 6) is 0.541. The van der Waals surface area contributed by atoms with Crippen molar-refractivity contribution in [3.8, 4) is 0 Å². The Morgan fingerprint density at radius 2 is 2.36 bits per heavy atom. The molecule has 0 aliphatic carbocycles. The van der Waals surface area contributed by atoms with Gasteiger partial charge in [-0.15, -0.1) is 0 Å². The topological polar surface area (TPSA) is 54.7 Å². The van der Waals surface area contributed by atoms with Gasteiger partial charge in [-0.05, 0) is 36.6 Å². The molecule has 3 nitrogen and oxygen atoms in total. The smallest absolute Gasteiger partial charge is 0.0650 e. The molecule has 0 aliphatic rings. The minimum atomic E-state index is 0.541. The first-order valence-electron chi connectivity index (χ1n) is 4.91. The highest BCUT2D eigenvalue weighted by Crippen LogP contribution is 2.15. The molecule has 0 fully saturated rings. The number of aromatic nitrogens is 2. The van der Waals surface area contributed by atoms with Gasteiger partial charge in [0.1, 0.15) is 0 Å². The molecule has 0 spiro atoms. The Hall–Kier alpha value is -1.35. The lowest BCUT2D eigenvalue weighted by atomic mass is 10.0. The first-order valence-corrected chi connectivity index (χ1v) is 4.91. The predicted molar refractivity (Wildman–Crippen MR) is 58.0 cm³/mol. The molecule has 1 aromatic heterocycles. The molecule has 0 radical (unpaired) electrons. The van der Waals surface area contributed by atoms with Crippen molar-refractivity contribution in [1.82, 2.24) is 10.2 Å². The Morgan fingerprint density at radius 3 is 3.14 bits per heavy atom. The zero-order chi connectivity index (χ0) is 9.97. The Bertz CT molecular complexity index is 419. The van der Waals surface area contributed by atoms with Gasteiger partial charge in [-0.3, -0.25) is 5.10 Å². The number of benzene rings is 1. The van der Waals surface area contributed by atoms with Crippen molar-refractivity contribution in [2.24, 2.45) is 11.7 Å². The average Bonchev–Trinajstić information content (AvgIpc) is 2.64. The molecule has 0 aliphatic heterocycles. The molecule has 0 amide bonds. The third-order valence-corrected chi connectivity index (χ3v) is 2.49. The molecule has 1 aromatic carbocycles. The maximum Gasteiger partial charge on any atom is 0.0650 e. The SMILES string of the molecule is CC(CN)Cc1ccc2[nH]ncc2c1. The van der Waals surface area contributed by atoms with Gasteiger partial charge in [0.25, 0.3) is 0 Å². The standard InChI is InChI=1S/C11H15N3/c1-8(6-12)4-9-2-3-11-10(5-9)7-13-14-11/h2-3,5,7-8H,4,6,12H2,1H3,(H,13,14). The zero-order valence-electron chi connectivity index (χ0n) is 8.33. The Morgan fingerprint density at radius 1 is 1.50 bits per heavy atom. The zero-order valence-corrected chi connectivity index (χ0v) is 8.33. The Balaban J connectivity index is 2.25. The van der Waals surface area contributed by atoms with E-state index in [4.69, 9.17) is 5.73 Å². The molecular weight excluding hydrogens is 174 g/mol. The molecule has 3 N–H and O–H groups in total. The number of fused-ring (bicyclic) bond motifs is 1. The number of H-pyrrole nitrogens is 1. The summed E-state index contributed by atoms with van der Waals surface area (Å²) in [6.07, 6.45) is 2.89. The molecule has 0 bridgehead atoms. The van der Waals surface area contributed by atoms with Crippen LogP contribution in [0.3, 0.4) is 0 Å². The van der Waals surface area contributed by atoms with Crippen LogP contribution in [0, 0.1) is 5.92 Å². The van der Waals surface area contributed by atoms with E-state index in [2.05, 4.69) is 35.3 Å². The summed E-state index contributed by atoms with van der Waals surface area (Å²) >= 11 is 0. The van der Waals surface area contributed by atoms with Crippen LogP contribution in [0.4, 0.5) is 0 Å². The molecule has 0 saturated heterocycles. The maximum absolute atomic E-state index is 5.59. The average molecular weight is 189 g/mol. The second-order valence-electron chi connectivity index (χ2n) is 3.84. The summed E-state index contributed by atoms with van der Waals surface area (Å²) in [5.41, 5.74) is 8.02. The lowest BCUT2D eigenvalue weighted by Gasteiger charge is -2.07. The van der Waals surface area contributed by atoms with Crippen molar-refractivity contribution in [3.05, 3.63) is 30.0 Å². The largest absolute Gasteiger partial charge is 0.330 e. The summed E-state index contributed by atoms with van der Waals surface area (Å²) in [7, 11) is 0. The summed E-state index contributed by atoms with van der Waals surface area (Å²) in [6, 6.07) is 6.37. The lowest BCUT2D eigenvalue weighted by molar-refractivity contribution is 0.593. The second kappa shape index (κ2) is 3.80. The van der Waals surface area contributed by atoms with Gasteiger partial charge < -0.3 is 5.73 Å². The second-order valence-corrected chi connectivity index (χ2v) is 3.84. The minimum Gasteiger partial charge on any atom is -0.330 e. The van der Waals surface area contributed by atoms with Crippen molar-refractivity contribution in [1.29, 1.82) is 0 Å². The first kappa shape index (κ1) is 9.21. The van der Waals surface area contributed by atoms with Crippen molar-refractivity contribution >= 4 is 10.9 Å². The number of hydrogen-bond donors (Lipinski definition) is 2. The van der Waals surface area contributed by atoms with Crippen molar-refractivity contribution in [2.45, 2.75) is 13.3 Å². The monoisotopic (exact) mass is 189 g/mol. The van der Waals surface area contributed by atoms with Crippen LogP contribution in [0.2, 0.25) is 0 Å². The van der Waals surface area contributed by atoms with Gasteiger partial charge in [0, 0.05) is 5.39 Å². The van der Waals surface area contributed by atoms with E-state index < -0.39 is 0 Å². The van der Waals surface area contributed by atoms with Crippen LogP contribution in [0.5, 0.6) is 0 Å². The van der Waals surface area contributed by atoms with Gasteiger partial charge >= 0.3 is 0 Å². The number of nitrogens with one attached hydrogen (secondary N) is 1. The summed E-state index contributed by atoms with van der Waals surface area (Å²) < 4.78 is 0. The van der Waals surface area contributed by atoms with E-state index >= 15 is 0 Å². The summed E-state index contributed by atoms with van der Waals surface area (Å²) in [4.78, 5) is 0. The molecular formula is C11H15N3. The highest BCUT2D eigenvalue weighted by Gasteiger charge is 2.02. The van der Waals surface area contributed by atoms with Gasteiger partial charge in [0.2, 0.25) is 0 Å². The van der Waals surface area contributed by atoms with Crippen molar-refractivity contribution < 1.29 is 0 Å². The Labute approximate surface area is 83.3 Å². The van der Waals surface area contributed by atoms with Crippen molar-refractivity contribution in [2.75, 3.05) is 6.54 Å². The molecule has 3 heteroatoms. The fourth-order valence-electron chi connectivity index (χ4n) is 1.60. The van der Waals surface area contributed by atoms with Crippen LogP contribution in [-0.2, 0) is 6.42 Å². The number of hydrogen-bond acceptors (Lipinski definition) is 2. The van der Waals surface area contributed by atoms with Gasteiger partial charge in [0.15, 0.2) is 0 Å². The van der Waals surface area contributed by atoms with E-state index in [1.54, 1.807) is 0 Å². The van der Waals surface area contributed by atoms with Crippen LogP contribution in [0.25, 0.3) is 10.9 Å². The molecule has 2 aromatic rings. The van der Waals surface area contributed by atoms with E-state index in [9.17, 15) is 0 Å². The summed E-state index contributed by atoms with van der Waals surface area (Å²) in [6.45, 7) is 2.91. The summed E-state index contributed by atoms with van der Waals surface area (Å²) in [5, 5.41) is 8.10. The quantitative estimate of drug-likeness (QED) is 0.772. The van der Waals surface area contributed by atoms with Gasteiger partial charge in [0.05, 0.1) is 11.7 Å². The van der Waals surface area contributed by atoms with Crippen LogP contribution in [-0.4, -0.2) is 16.7 Å². The highest BCUT2D eigenvalue weighted by atomic mass is 15.1. The first-order chi connectivity index (χ1) is 6.79. The number of nitrogens with zero attached hydrogens (tertiary/aromatic N) is 1. The van der Waals surface area contributed by atoms with Gasteiger partial charge in [-0.25, -0.2) is 0 Å². The number of aromatic amines is 1. The molecule has 0 saturated carbocycles. The minimum absolute atomic E-state index is 0.541. The molecule has 14 heavy (non-hydrogen) atoms. The maximum atomic E-state index is 5.59. The lowest BCUT2D eigenvalue weighted by Crippen LogP contribution is -2.12. The van der Waals surface area contributed by atoms with E-state index in [1.165, 1.54) is 10.9 Å². The Kier molecular flexibility index (Phi) is 2.50. The van der Waals surface area contributed by atoms with Crippen LogP contribution >= 0.6 is 0 Å². The van der Waals surface area contributed by atoms with Crippen LogP contribution < -0.4 is 5.73 Å². The molecule has 74 valence electrons. The van der Waals surface area contributed by atoms with Gasteiger partial charge in [-0.1, -0.05) is 13.0 Å². The number of rotatable bonds is 3. The predicted octanol–water partition coefficient (Wildman–Crippen LogP) is 1.70. The van der Waals surface area contributed by atoms with Crippen LogP contribution in [0.15, 0.2) is 24.4 Å². The van der Waals surface area contributed by atoms with E-state index in [0.717, 1.165) is 18.5 Å². The molecule has 1 heterocycles. The fourth-order valence-corrected chi connectivity index (χ4v) is 1.60. The number of nitrogens with two attached hydrogens (primary N) is 1.